The van der Waals surface area contributed by atoms with Crippen LogP contribution in [-0.4, -0.2) is 37.4 Å². The van der Waals surface area contributed by atoms with Crippen LogP contribution in [-0.2, 0) is 24.4 Å². The molecule has 6 nitrogen and oxygen atoms in total. The Morgan fingerprint density at radius 2 is 1.62 bits per heavy atom. The number of esters is 1. The van der Waals surface area contributed by atoms with Crippen molar-refractivity contribution in [1.29, 1.82) is 0 Å². The molecule has 2 aliphatic rings. The van der Waals surface area contributed by atoms with Crippen molar-refractivity contribution in [3.63, 3.8) is 0 Å². The first-order valence-electron chi connectivity index (χ1n) is 10.8. The average Bonchev–Trinajstić information content (AvgIpc) is 3.24. The van der Waals surface area contributed by atoms with Gasteiger partial charge in [0.15, 0.2) is 0 Å². The zero-order valence-corrected chi connectivity index (χ0v) is 18.0. The lowest BCUT2D eigenvalue weighted by molar-refractivity contribution is 0.0601. The molecule has 1 fully saturated rings. The highest BCUT2D eigenvalue weighted by molar-refractivity contribution is 6.00. The number of aliphatic hydroxyl groups is 1. The minimum Gasteiger partial charge on any atom is -0.487 e. The quantitative estimate of drug-likeness (QED) is 0.601. The SMILES string of the molecule is COC(=O)c1cccc(N2CC(Oc3ccc(CO)cc3)C2)c1N1Cc2ccccc2C1. The Morgan fingerprint density at radius 3 is 2.25 bits per heavy atom. The molecule has 0 unspecified atom stereocenters. The summed E-state index contributed by atoms with van der Waals surface area (Å²) in [5.74, 6) is 0.473. The maximum atomic E-state index is 12.6. The van der Waals surface area contributed by atoms with Crippen LogP contribution in [0.4, 0.5) is 11.4 Å². The molecule has 0 saturated carbocycles. The number of methoxy groups -OCH3 is 1. The number of para-hydroxylation sites is 1. The van der Waals surface area contributed by atoms with E-state index in [0.717, 1.165) is 48.9 Å². The topological polar surface area (TPSA) is 62.2 Å². The van der Waals surface area contributed by atoms with Gasteiger partial charge in [-0.2, -0.15) is 0 Å². The van der Waals surface area contributed by atoms with E-state index >= 15 is 0 Å². The van der Waals surface area contributed by atoms with Crippen LogP contribution >= 0.6 is 0 Å². The Morgan fingerprint density at radius 1 is 0.938 bits per heavy atom. The second-order valence-electron chi connectivity index (χ2n) is 8.24. The molecule has 0 radical (unpaired) electrons. The van der Waals surface area contributed by atoms with E-state index < -0.39 is 0 Å². The number of anilines is 2. The molecular formula is C26H26N2O4. The van der Waals surface area contributed by atoms with Gasteiger partial charge in [0.2, 0.25) is 0 Å². The molecule has 0 atom stereocenters. The predicted molar refractivity (Wildman–Crippen MR) is 123 cm³/mol. The molecule has 6 heteroatoms. The molecule has 0 spiro atoms. The highest BCUT2D eigenvalue weighted by Gasteiger charge is 2.34. The van der Waals surface area contributed by atoms with Crippen molar-refractivity contribution in [3.05, 3.63) is 89.0 Å². The van der Waals surface area contributed by atoms with E-state index in [4.69, 9.17) is 9.47 Å². The monoisotopic (exact) mass is 430 g/mol. The standard InChI is InChI=1S/C26H26N2O4/c1-31-26(30)23-7-4-8-24(25(23)28-13-19-5-2-3-6-20(19)14-28)27-15-22(16-27)32-21-11-9-18(17-29)10-12-21/h2-12,22,29H,13-17H2,1H3. The number of carbonyl (C=O) groups is 1. The summed E-state index contributed by atoms with van der Waals surface area (Å²) in [5, 5.41) is 9.20. The molecule has 1 N–H and O–H groups in total. The van der Waals surface area contributed by atoms with Crippen LogP contribution in [0, 0.1) is 0 Å². The molecule has 0 amide bonds. The fourth-order valence-corrected chi connectivity index (χ4v) is 4.46. The maximum absolute atomic E-state index is 12.6. The average molecular weight is 431 g/mol. The Labute approximate surface area is 187 Å². The highest BCUT2D eigenvalue weighted by Crippen LogP contribution is 2.40. The number of hydrogen-bond donors (Lipinski definition) is 1. The number of aliphatic hydroxyl groups excluding tert-OH is 1. The van der Waals surface area contributed by atoms with Gasteiger partial charge in [-0.3, -0.25) is 0 Å². The lowest BCUT2D eigenvalue weighted by Crippen LogP contribution is -2.54. The van der Waals surface area contributed by atoms with Crippen LogP contribution < -0.4 is 14.5 Å². The first-order valence-corrected chi connectivity index (χ1v) is 10.8. The number of fused-ring (bicyclic) bond motifs is 1. The van der Waals surface area contributed by atoms with Crippen LogP contribution in [0.2, 0.25) is 0 Å². The smallest absolute Gasteiger partial charge is 0.340 e. The fourth-order valence-electron chi connectivity index (χ4n) is 4.46. The van der Waals surface area contributed by atoms with E-state index in [1.165, 1.54) is 18.2 Å². The molecule has 0 aliphatic carbocycles. The van der Waals surface area contributed by atoms with Crippen LogP contribution in [0.25, 0.3) is 0 Å². The summed E-state index contributed by atoms with van der Waals surface area (Å²) in [5.41, 5.74) is 5.96. The molecule has 2 aliphatic heterocycles. The first kappa shape index (κ1) is 20.4. The van der Waals surface area contributed by atoms with E-state index in [2.05, 4.69) is 40.1 Å². The minimum absolute atomic E-state index is 0.0250. The lowest BCUT2D eigenvalue weighted by Gasteiger charge is -2.42. The summed E-state index contributed by atoms with van der Waals surface area (Å²) in [4.78, 5) is 17.1. The normalized spacial score (nSPS) is 15.3. The maximum Gasteiger partial charge on any atom is 0.340 e. The van der Waals surface area contributed by atoms with Gasteiger partial charge in [0, 0.05) is 13.1 Å². The Balaban J connectivity index is 1.37. The summed E-state index contributed by atoms with van der Waals surface area (Å²) in [6, 6.07) is 21.7. The largest absolute Gasteiger partial charge is 0.487 e. The lowest BCUT2D eigenvalue weighted by atomic mass is 10.0. The van der Waals surface area contributed by atoms with Crippen LogP contribution in [0.15, 0.2) is 66.7 Å². The minimum atomic E-state index is -0.324. The van der Waals surface area contributed by atoms with E-state index in [1.807, 2.05) is 36.4 Å². The van der Waals surface area contributed by atoms with Gasteiger partial charge in [-0.05, 0) is 41.0 Å². The first-order chi connectivity index (χ1) is 15.7. The Kier molecular flexibility index (Phi) is 5.45. The molecule has 164 valence electrons. The Hall–Kier alpha value is -3.51. The van der Waals surface area contributed by atoms with Gasteiger partial charge in [-0.25, -0.2) is 4.79 Å². The highest BCUT2D eigenvalue weighted by atomic mass is 16.5. The van der Waals surface area contributed by atoms with E-state index in [0.29, 0.717) is 5.56 Å². The third kappa shape index (κ3) is 3.78. The van der Waals surface area contributed by atoms with Crippen LogP contribution in [0.3, 0.4) is 0 Å². The number of ether oxygens (including phenoxy) is 2. The number of rotatable bonds is 6. The molecule has 2 heterocycles. The van der Waals surface area contributed by atoms with Crippen molar-refractivity contribution in [1.82, 2.24) is 0 Å². The fraction of sp³-hybridized carbons (Fsp3) is 0.269. The van der Waals surface area contributed by atoms with Gasteiger partial charge in [0.1, 0.15) is 11.9 Å². The van der Waals surface area contributed by atoms with Crippen molar-refractivity contribution in [2.24, 2.45) is 0 Å². The third-order valence-corrected chi connectivity index (χ3v) is 6.17. The summed E-state index contributed by atoms with van der Waals surface area (Å²) in [6.45, 7) is 3.03. The van der Waals surface area contributed by atoms with Gasteiger partial charge in [0.25, 0.3) is 0 Å². The summed E-state index contributed by atoms with van der Waals surface area (Å²) >= 11 is 0. The summed E-state index contributed by atoms with van der Waals surface area (Å²) < 4.78 is 11.2. The van der Waals surface area contributed by atoms with Crippen molar-refractivity contribution < 1.29 is 19.4 Å². The van der Waals surface area contributed by atoms with Crippen molar-refractivity contribution in [3.8, 4) is 5.75 Å². The molecular weight excluding hydrogens is 404 g/mol. The van der Waals surface area contributed by atoms with Crippen molar-refractivity contribution in [2.45, 2.75) is 25.8 Å². The molecule has 0 bridgehead atoms. The number of carbonyl (C=O) groups excluding carboxylic acids is 1. The van der Waals surface area contributed by atoms with Crippen molar-refractivity contribution in [2.75, 3.05) is 30.0 Å². The zero-order valence-electron chi connectivity index (χ0n) is 18.0. The van der Waals surface area contributed by atoms with Crippen molar-refractivity contribution >= 4 is 17.3 Å². The molecule has 3 aromatic carbocycles. The third-order valence-electron chi connectivity index (χ3n) is 6.17. The van der Waals surface area contributed by atoms with Crippen LogP contribution in [0.5, 0.6) is 5.75 Å². The molecule has 0 aromatic heterocycles. The summed E-state index contributed by atoms with van der Waals surface area (Å²) in [6.07, 6.45) is 0.0698. The molecule has 5 rings (SSSR count). The number of benzene rings is 3. The van der Waals surface area contributed by atoms with E-state index in [-0.39, 0.29) is 18.7 Å². The van der Waals surface area contributed by atoms with Gasteiger partial charge in [-0.15, -0.1) is 0 Å². The molecule has 3 aromatic rings. The Bertz CT molecular complexity index is 1100. The predicted octanol–water partition coefficient (Wildman–Crippen LogP) is 3.75. The van der Waals surface area contributed by atoms with Gasteiger partial charge < -0.3 is 24.4 Å². The second-order valence-corrected chi connectivity index (χ2v) is 8.24. The number of nitrogens with zero attached hydrogens (tertiary/aromatic N) is 2. The molecule has 1 saturated heterocycles. The summed E-state index contributed by atoms with van der Waals surface area (Å²) in [7, 11) is 1.42. The zero-order chi connectivity index (χ0) is 22.1. The van der Waals surface area contributed by atoms with Crippen LogP contribution in [0.1, 0.15) is 27.0 Å². The van der Waals surface area contributed by atoms with Gasteiger partial charge in [0.05, 0.1) is 43.7 Å². The second kappa shape index (κ2) is 8.55. The van der Waals surface area contributed by atoms with E-state index in [1.54, 1.807) is 0 Å². The van der Waals surface area contributed by atoms with E-state index in [9.17, 15) is 9.90 Å². The number of hydrogen-bond acceptors (Lipinski definition) is 6. The molecule has 32 heavy (non-hydrogen) atoms. The van der Waals surface area contributed by atoms with Gasteiger partial charge in [-0.1, -0.05) is 42.5 Å². The van der Waals surface area contributed by atoms with Gasteiger partial charge >= 0.3 is 5.97 Å².